The molecular formula is C16H25N3O. The normalized spacial score (nSPS) is 14.8. The summed E-state index contributed by atoms with van der Waals surface area (Å²) in [7, 11) is 0. The highest BCUT2D eigenvalue weighted by atomic mass is 16.2. The molecule has 0 radical (unpaired) electrons. The topological polar surface area (TPSA) is 53.2 Å². The maximum Gasteiger partial charge on any atom is 0.236 e. The van der Waals surface area contributed by atoms with Gasteiger partial charge in [-0.1, -0.05) is 32.0 Å². The van der Waals surface area contributed by atoms with Crippen molar-refractivity contribution in [2.45, 2.75) is 39.8 Å². The summed E-state index contributed by atoms with van der Waals surface area (Å²) in [6.07, 6.45) is 1.09. The fraction of sp³-hybridized carbons (Fsp3) is 0.562. The summed E-state index contributed by atoms with van der Waals surface area (Å²) in [5.74, 6) is 0.548. The van der Waals surface area contributed by atoms with E-state index in [0.717, 1.165) is 19.5 Å². The van der Waals surface area contributed by atoms with Crippen LogP contribution in [0.4, 0.5) is 5.69 Å². The molecule has 4 nitrogen and oxygen atoms in total. The molecular weight excluding hydrogens is 250 g/mol. The lowest BCUT2D eigenvalue weighted by atomic mass is 10.1. The van der Waals surface area contributed by atoms with Crippen molar-refractivity contribution in [1.82, 2.24) is 10.6 Å². The number of hydrogen-bond donors (Lipinski definition) is 3. The fourth-order valence-corrected chi connectivity index (χ4v) is 2.37. The molecule has 1 amide bonds. The van der Waals surface area contributed by atoms with Gasteiger partial charge in [0.2, 0.25) is 5.91 Å². The van der Waals surface area contributed by atoms with Crippen molar-refractivity contribution in [2.24, 2.45) is 5.92 Å². The predicted molar refractivity (Wildman–Crippen MR) is 82.8 cm³/mol. The minimum Gasteiger partial charge on any atom is -0.384 e. The number of carbonyl (C=O) groups excluding carboxylic acids is 1. The SMILES string of the molecule is CC(C)CNC(=O)C(C)NCc1cccc2c1NCC2. The van der Waals surface area contributed by atoms with Crippen molar-refractivity contribution in [2.75, 3.05) is 18.4 Å². The second-order valence-corrected chi connectivity index (χ2v) is 5.87. The molecule has 1 aliphatic rings. The van der Waals surface area contributed by atoms with Gasteiger partial charge in [0.1, 0.15) is 0 Å². The fourth-order valence-electron chi connectivity index (χ4n) is 2.37. The molecule has 1 aromatic rings. The number of para-hydroxylation sites is 1. The average Bonchev–Trinajstić information content (AvgIpc) is 2.90. The summed E-state index contributed by atoms with van der Waals surface area (Å²) in [6, 6.07) is 6.19. The Bertz CT molecular complexity index is 471. The number of rotatable bonds is 6. The van der Waals surface area contributed by atoms with Crippen molar-refractivity contribution >= 4 is 11.6 Å². The zero-order chi connectivity index (χ0) is 14.5. The van der Waals surface area contributed by atoms with Crippen LogP contribution in [-0.2, 0) is 17.8 Å². The van der Waals surface area contributed by atoms with Crippen molar-refractivity contribution in [3.8, 4) is 0 Å². The molecule has 0 aliphatic carbocycles. The number of fused-ring (bicyclic) bond motifs is 1. The third-order valence-electron chi connectivity index (χ3n) is 3.61. The number of amides is 1. The average molecular weight is 275 g/mol. The maximum atomic E-state index is 11.9. The molecule has 0 fully saturated rings. The predicted octanol–water partition coefficient (Wildman–Crippen LogP) is 1.90. The highest BCUT2D eigenvalue weighted by Gasteiger charge is 2.16. The Hall–Kier alpha value is -1.55. The van der Waals surface area contributed by atoms with Crippen LogP contribution >= 0.6 is 0 Å². The number of carbonyl (C=O) groups is 1. The van der Waals surface area contributed by atoms with Crippen LogP contribution < -0.4 is 16.0 Å². The van der Waals surface area contributed by atoms with E-state index in [1.807, 2.05) is 6.92 Å². The molecule has 0 bridgehead atoms. The third kappa shape index (κ3) is 3.73. The molecule has 4 heteroatoms. The minimum absolute atomic E-state index is 0.0687. The number of hydrogen-bond acceptors (Lipinski definition) is 3. The van der Waals surface area contributed by atoms with Gasteiger partial charge in [0, 0.05) is 25.3 Å². The summed E-state index contributed by atoms with van der Waals surface area (Å²) in [4.78, 5) is 11.9. The molecule has 3 N–H and O–H groups in total. The van der Waals surface area contributed by atoms with E-state index in [9.17, 15) is 4.79 Å². The number of nitrogens with one attached hydrogen (secondary N) is 3. The molecule has 0 spiro atoms. The molecule has 0 saturated heterocycles. The maximum absolute atomic E-state index is 11.9. The molecule has 110 valence electrons. The minimum atomic E-state index is -0.175. The first-order valence-electron chi connectivity index (χ1n) is 7.43. The lowest BCUT2D eigenvalue weighted by Crippen LogP contribution is -2.43. The molecule has 1 aliphatic heterocycles. The molecule has 2 rings (SSSR count). The van der Waals surface area contributed by atoms with Crippen LogP contribution in [0.1, 0.15) is 31.9 Å². The Kier molecular flexibility index (Phi) is 5.01. The lowest BCUT2D eigenvalue weighted by Gasteiger charge is -2.16. The van der Waals surface area contributed by atoms with Gasteiger partial charge in [-0.15, -0.1) is 0 Å². The Morgan fingerprint density at radius 2 is 2.15 bits per heavy atom. The van der Waals surface area contributed by atoms with Gasteiger partial charge in [-0.05, 0) is 30.4 Å². The van der Waals surface area contributed by atoms with E-state index in [0.29, 0.717) is 12.5 Å². The molecule has 1 unspecified atom stereocenters. The van der Waals surface area contributed by atoms with Gasteiger partial charge in [-0.25, -0.2) is 0 Å². The van der Waals surface area contributed by atoms with Crippen LogP contribution in [0.25, 0.3) is 0 Å². The Balaban J connectivity index is 1.86. The van der Waals surface area contributed by atoms with Gasteiger partial charge < -0.3 is 16.0 Å². The van der Waals surface area contributed by atoms with Crippen LogP contribution in [0, 0.1) is 5.92 Å². The Morgan fingerprint density at radius 3 is 2.90 bits per heavy atom. The van der Waals surface area contributed by atoms with E-state index in [2.05, 4.69) is 48.0 Å². The van der Waals surface area contributed by atoms with Gasteiger partial charge in [-0.2, -0.15) is 0 Å². The molecule has 1 atom stereocenters. The highest BCUT2D eigenvalue weighted by molar-refractivity contribution is 5.81. The van der Waals surface area contributed by atoms with Crippen LogP contribution in [0.2, 0.25) is 0 Å². The van der Waals surface area contributed by atoms with Gasteiger partial charge >= 0.3 is 0 Å². The van der Waals surface area contributed by atoms with Crippen LogP contribution in [0.15, 0.2) is 18.2 Å². The van der Waals surface area contributed by atoms with Crippen molar-refractivity contribution in [3.63, 3.8) is 0 Å². The largest absolute Gasteiger partial charge is 0.384 e. The highest BCUT2D eigenvalue weighted by Crippen LogP contribution is 2.26. The summed E-state index contributed by atoms with van der Waals surface area (Å²) < 4.78 is 0. The Morgan fingerprint density at radius 1 is 1.35 bits per heavy atom. The van der Waals surface area contributed by atoms with Gasteiger partial charge in [-0.3, -0.25) is 4.79 Å². The van der Waals surface area contributed by atoms with E-state index in [-0.39, 0.29) is 11.9 Å². The summed E-state index contributed by atoms with van der Waals surface area (Å²) in [5.41, 5.74) is 3.86. The molecule has 0 saturated carbocycles. The van der Waals surface area contributed by atoms with Crippen molar-refractivity contribution < 1.29 is 4.79 Å². The molecule has 1 aromatic carbocycles. The second kappa shape index (κ2) is 6.75. The van der Waals surface area contributed by atoms with Crippen LogP contribution in [-0.4, -0.2) is 25.0 Å². The standard InChI is InChI=1S/C16H25N3O/c1-11(2)9-19-16(20)12(3)18-10-14-6-4-5-13-7-8-17-15(13)14/h4-6,11-12,17-18H,7-10H2,1-3H3,(H,19,20). The van der Waals surface area contributed by atoms with Gasteiger partial charge in [0.05, 0.1) is 6.04 Å². The van der Waals surface area contributed by atoms with Gasteiger partial charge in [0.25, 0.3) is 0 Å². The Labute approximate surface area is 121 Å². The molecule has 1 heterocycles. The molecule has 0 aromatic heterocycles. The number of benzene rings is 1. The summed E-state index contributed by atoms with van der Waals surface area (Å²) in [6.45, 7) is 8.55. The third-order valence-corrected chi connectivity index (χ3v) is 3.61. The first-order valence-corrected chi connectivity index (χ1v) is 7.43. The van der Waals surface area contributed by atoms with E-state index in [1.165, 1.54) is 16.8 Å². The first kappa shape index (κ1) is 14.9. The monoisotopic (exact) mass is 275 g/mol. The summed E-state index contributed by atoms with van der Waals surface area (Å²) in [5, 5.41) is 9.67. The quantitative estimate of drug-likeness (QED) is 0.743. The second-order valence-electron chi connectivity index (χ2n) is 5.87. The molecule has 20 heavy (non-hydrogen) atoms. The van der Waals surface area contributed by atoms with Gasteiger partial charge in [0.15, 0.2) is 0 Å². The zero-order valence-electron chi connectivity index (χ0n) is 12.6. The van der Waals surface area contributed by atoms with Crippen molar-refractivity contribution in [3.05, 3.63) is 29.3 Å². The smallest absolute Gasteiger partial charge is 0.236 e. The zero-order valence-corrected chi connectivity index (χ0v) is 12.6. The van der Waals surface area contributed by atoms with E-state index in [1.54, 1.807) is 0 Å². The first-order chi connectivity index (χ1) is 9.58. The van der Waals surface area contributed by atoms with Crippen LogP contribution in [0.5, 0.6) is 0 Å². The van der Waals surface area contributed by atoms with E-state index < -0.39 is 0 Å². The van der Waals surface area contributed by atoms with Crippen molar-refractivity contribution in [1.29, 1.82) is 0 Å². The van der Waals surface area contributed by atoms with E-state index in [4.69, 9.17) is 0 Å². The lowest BCUT2D eigenvalue weighted by molar-refractivity contribution is -0.122. The summed E-state index contributed by atoms with van der Waals surface area (Å²) >= 11 is 0. The number of anilines is 1. The van der Waals surface area contributed by atoms with Crippen LogP contribution in [0.3, 0.4) is 0 Å². The van der Waals surface area contributed by atoms with E-state index >= 15 is 0 Å².